The van der Waals surface area contributed by atoms with Crippen LogP contribution in [0.2, 0.25) is 0 Å². The molecule has 2 aliphatic heterocycles. The molecule has 0 spiro atoms. The van der Waals surface area contributed by atoms with E-state index in [9.17, 15) is 4.79 Å². The van der Waals surface area contributed by atoms with Gasteiger partial charge in [-0.15, -0.1) is 0 Å². The normalized spacial score (nSPS) is 25.8. The number of hydrogen-bond acceptors (Lipinski definition) is 5. The minimum Gasteiger partial charge on any atom is -0.379 e. The van der Waals surface area contributed by atoms with Gasteiger partial charge < -0.3 is 14.8 Å². The fraction of sp³-hybridized carbons (Fsp3) is 0.778. The third-order valence-electron chi connectivity index (χ3n) is 5.02. The quantitative estimate of drug-likeness (QED) is 0.867. The molecule has 2 aliphatic rings. The summed E-state index contributed by atoms with van der Waals surface area (Å²) in [6.07, 6.45) is 4.27. The molecule has 1 aromatic rings. The molecule has 0 bridgehead atoms. The molecule has 7 heteroatoms. The predicted molar refractivity (Wildman–Crippen MR) is 94.6 cm³/mol. The van der Waals surface area contributed by atoms with Gasteiger partial charge in [-0.3, -0.25) is 14.4 Å². The minimum atomic E-state index is -0.370. The fourth-order valence-electron chi connectivity index (χ4n) is 3.70. The molecule has 0 aromatic carbocycles. The van der Waals surface area contributed by atoms with Crippen LogP contribution < -0.4 is 5.32 Å². The fourth-order valence-corrected chi connectivity index (χ4v) is 3.70. The molecular formula is C18H30N4O3. The number of rotatable bonds is 5. The van der Waals surface area contributed by atoms with Gasteiger partial charge in [0.2, 0.25) is 0 Å². The summed E-state index contributed by atoms with van der Waals surface area (Å²) in [6, 6.07) is -0.00769. The maximum atomic E-state index is 12.6. The topological polar surface area (TPSA) is 68.6 Å². The average molecular weight is 350 g/mol. The van der Waals surface area contributed by atoms with Gasteiger partial charge >= 0.3 is 0 Å². The number of ether oxygens (including phenoxy) is 2. The zero-order valence-electron chi connectivity index (χ0n) is 15.7. The van der Waals surface area contributed by atoms with E-state index in [1.165, 1.54) is 0 Å². The van der Waals surface area contributed by atoms with E-state index < -0.39 is 0 Å². The zero-order chi connectivity index (χ0) is 18.1. The van der Waals surface area contributed by atoms with Gasteiger partial charge in [0, 0.05) is 25.8 Å². The first-order valence-electron chi connectivity index (χ1n) is 9.09. The van der Waals surface area contributed by atoms with Crippen LogP contribution in [-0.2, 0) is 16.0 Å². The number of carbonyl (C=O) groups is 1. The summed E-state index contributed by atoms with van der Waals surface area (Å²) in [5.41, 5.74) is 0.0115. The molecule has 0 aliphatic carbocycles. The van der Waals surface area contributed by atoms with E-state index in [0.717, 1.165) is 45.8 Å². The second-order valence-corrected chi connectivity index (χ2v) is 8.14. The van der Waals surface area contributed by atoms with E-state index in [0.29, 0.717) is 5.56 Å². The Kier molecular flexibility index (Phi) is 5.18. The number of amides is 1. The summed E-state index contributed by atoms with van der Waals surface area (Å²) in [7, 11) is 0. The predicted octanol–water partition coefficient (Wildman–Crippen LogP) is 1.29. The zero-order valence-corrected chi connectivity index (χ0v) is 15.7. The molecule has 2 saturated heterocycles. The Morgan fingerprint density at radius 3 is 2.64 bits per heavy atom. The lowest BCUT2D eigenvalue weighted by Gasteiger charge is -2.27. The van der Waals surface area contributed by atoms with Crippen molar-refractivity contribution < 1.29 is 14.3 Å². The average Bonchev–Trinajstić information content (AvgIpc) is 3.08. The number of aromatic nitrogens is 2. The molecule has 1 N–H and O–H groups in total. The van der Waals surface area contributed by atoms with Crippen LogP contribution in [0.3, 0.4) is 0 Å². The number of nitrogens with zero attached hydrogens (tertiary/aromatic N) is 3. The number of morpholine rings is 1. The number of hydrogen-bond donors (Lipinski definition) is 1. The first-order valence-corrected chi connectivity index (χ1v) is 9.09. The first-order chi connectivity index (χ1) is 11.8. The Labute approximate surface area is 149 Å². The summed E-state index contributed by atoms with van der Waals surface area (Å²) < 4.78 is 13.2. The summed E-state index contributed by atoms with van der Waals surface area (Å²) in [5.74, 6) is -0.0861. The molecule has 1 amide bonds. The van der Waals surface area contributed by atoms with Gasteiger partial charge in [0.25, 0.3) is 5.91 Å². The van der Waals surface area contributed by atoms with Crippen LogP contribution in [0.5, 0.6) is 0 Å². The molecule has 1 atom stereocenters. The molecular weight excluding hydrogens is 320 g/mol. The van der Waals surface area contributed by atoms with Crippen molar-refractivity contribution >= 4 is 5.91 Å². The standard InChI is InChI=1S/C18H30N4O3/c1-17(2)11-15(18(3,4)25-17)20-16(23)14-12-19-22(13-14)6-5-21-7-9-24-10-8-21/h12-13,15H,5-11H2,1-4H3,(H,20,23). The van der Waals surface area contributed by atoms with Crippen LogP contribution in [0.15, 0.2) is 12.4 Å². The van der Waals surface area contributed by atoms with Gasteiger partial charge in [-0.05, 0) is 34.1 Å². The molecule has 3 rings (SSSR count). The Bertz CT molecular complexity index is 605. The SMILES string of the molecule is CC1(C)CC(NC(=O)c2cnn(CCN3CCOCC3)c2)C(C)(C)O1. The molecule has 140 valence electrons. The first kappa shape index (κ1) is 18.4. The lowest BCUT2D eigenvalue weighted by Crippen LogP contribution is -2.46. The van der Waals surface area contributed by atoms with Crippen LogP contribution in [0.4, 0.5) is 0 Å². The highest BCUT2D eigenvalue weighted by atomic mass is 16.5. The Morgan fingerprint density at radius 1 is 1.28 bits per heavy atom. The van der Waals surface area contributed by atoms with E-state index in [4.69, 9.17) is 9.47 Å². The molecule has 25 heavy (non-hydrogen) atoms. The van der Waals surface area contributed by atoms with Crippen LogP contribution in [-0.4, -0.2) is 70.7 Å². The molecule has 0 radical (unpaired) electrons. The third kappa shape index (κ3) is 4.59. The maximum Gasteiger partial charge on any atom is 0.254 e. The number of carbonyl (C=O) groups excluding carboxylic acids is 1. The van der Waals surface area contributed by atoms with Crippen molar-refractivity contribution in [1.82, 2.24) is 20.0 Å². The molecule has 3 heterocycles. The monoisotopic (exact) mass is 350 g/mol. The Morgan fingerprint density at radius 2 is 2.00 bits per heavy atom. The molecule has 1 unspecified atom stereocenters. The Balaban J connectivity index is 1.54. The largest absolute Gasteiger partial charge is 0.379 e. The summed E-state index contributed by atoms with van der Waals surface area (Å²) in [6.45, 7) is 13.4. The van der Waals surface area contributed by atoms with Gasteiger partial charge in [0.1, 0.15) is 0 Å². The van der Waals surface area contributed by atoms with Gasteiger partial charge in [-0.2, -0.15) is 5.10 Å². The third-order valence-corrected chi connectivity index (χ3v) is 5.02. The highest BCUT2D eigenvalue weighted by Gasteiger charge is 2.46. The lowest BCUT2D eigenvalue weighted by molar-refractivity contribution is -0.0693. The summed E-state index contributed by atoms with van der Waals surface area (Å²) in [5, 5.41) is 7.44. The van der Waals surface area contributed by atoms with E-state index in [1.54, 1.807) is 6.20 Å². The summed E-state index contributed by atoms with van der Waals surface area (Å²) >= 11 is 0. The van der Waals surface area contributed by atoms with E-state index >= 15 is 0 Å². The van der Waals surface area contributed by atoms with Gasteiger partial charge in [0.05, 0.1) is 48.8 Å². The second-order valence-electron chi connectivity index (χ2n) is 8.14. The number of nitrogens with one attached hydrogen (secondary N) is 1. The highest BCUT2D eigenvalue weighted by Crippen LogP contribution is 2.37. The molecule has 2 fully saturated rings. The van der Waals surface area contributed by atoms with Crippen molar-refractivity contribution in [1.29, 1.82) is 0 Å². The van der Waals surface area contributed by atoms with Crippen molar-refractivity contribution in [2.24, 2.45) is 0 Å². The molecule has 0 saturated carbocycles. The highest BCUT2D eigenvalue weighted by molar-refractivity contribution is 5.94. The summed E-state index contributed by atoms with van der Waals surface area (Å²) in [4.78, 5) is 14.9. The van der Waals surface area contributed by atoms with E-state index in [-0.39, 0.29) is 23.2 Å². The van der Waals surface area contributed by atoms with Crippen molar-refractivity contribution in [3.63, 3.8) is 0 Å². The molecule has 7 nitrogen and oxygen atoms in total. The van der Waals surface area contributed by atoms with Crippen LogP contribution >= 0.6 is 0 Å². The van der Waals surface area contributed by atoms with Gasteiger partial charge in [0.15, 0.2) is 0 Å². The van der Waals surface area contributed by atoms with E-state index in [2.05, 4.69) is 29.2 Å². The van der Waals surface area contributed by atoms with Crippen molar-refractivity contribution in [2.75, 3.05) is 32.8 Å². The van der Waals surface area contributed by atoms with Crippen molar-refractivity contribution in [2.45, 2.75) is 57.9 Å². The van der Waals surface area contributed by atoms with Crippen molar-refractivity contribution in [3.8, 4) is 0 Å². The second kappa shape index (κ2) is 7.05. The van der Waals surface area contributed by atoms with Crippen LogP contribution in [0.25, 0.3) is 0 Å². The van der Waals surface area contributed by atoms with Crippen LogP contribution in [0, 0.1) is 0 Å². The molecule has 1 aromatic heterocycles. The maximum absolute atomic E-state index is 12.6. The van der Waals surface area contributed by atoms with Gasteiger partial charge in [-0.1, -0.05) is 0 Å². The smallest absolute Gasteiger partial charge is 0.254 e. The van der Waals surface area contributed by atoms with E-state index in [1.807, 2.05) is 24.7 Å². The Hall–Kier alpha value is -1.44. The lowest BCUT2D eigenvalue weighted by atomic mass is 9.94. The minimum absolute atomic E-state index is 0.00769. The van der Waals surface area contributed by atoms with Crippen LogP contribution in [0.1, 0.15) is 44.5 Å². The van der Waals surface area contributed by atoms with Crippen molar-refractivity contribution in [3.05, 3.63) is 18.0 Å². The van der Waals surface area contributed by atoms with Gasteiger partial charge in [-0.25, -0.2) is 0 Å².